The van der Waals surface area contributed by atoms with Crippen molar-refractivity contribution in [2.45, 2.75) is 50.6 Å². The molecule has 4 N–H and O–H groups in total. The highest BCUT2D eigenvalue weighted by Crippen LogP contribution is 2.66. The van der Waals surface area contributed by atoms with Crippen molar-refractivity contribution < 1.29 is 34.4 Å². The lowest BCUT2D eigenvalue weighted by Crippen LogP contribution is -2.68. The van der Waals surface area contributed by atoms with Gasteiger partial charge in [0.2, 0.25) is 0 Å². The van der Waals surface area contributed by atoms with Crippen molar-refractivity contribution >= 4 is 5.97 Å². The summed E-state index contributed by atoms with van der Waals surface area (Å²) in [6.07, 6.45) is 0.148. The Balaban J connectivity index is 1.84. The molecule has 2 heterocycles. The Morgan fingerprint density at radius 3 is 2.67 bits per heavy atom. The summed E-state index contributed by atoms with van der Waals surface area (Å²) in [5, 5.41) is 42.4. The minimum absolute atomic E-state index is 0.277. The van der Waals surface area contributed by atoms with E-state index in [1.54, 1.807) is 13.0 Å². The predicted octanol–water partition coefficient (Wildman–Crippen LogP) is 0.931. The van der Waals surface area contributed by atoms with E-state index in [1.165, 1.54) is 12.5 Å². The molecule has 3 aliphatic rings. The molecule has 1 spiro atoms. The monoisotopic (exact) mass is 378 g/mol. The molecule has 1 aromatic rings. The fourth-order valence-corrected chi connectivity index (χ4v) is 5.88. The second-order valence-corrected chi connectivity index (χ2v) is 8.29. The van der Waals surface area contributed by atoms with Crippen LogP contribution in [0.2, 0.25) is 0 Å². The topological polar surface area (TPSA) is 120 Å². The molecule has 0 bridgehead atoms. The first-order valence-corrected chi connectivity index (χ1v) is 9.38. The maximum atomic E-state index is 13.2. The molecule has 0 amide bonds. The Hall–Kier alpha value is -1.67. The highest BCUT2D eigenvalue weighted by molar-refractivity contribution is 5.81. The van der Waals surface area contributed by atoms with Gasteiger partial charge in [-0.05, 0) is 30.4 Å². The summed E-state index contributed by atoms with van der Waals surface area (Å²) in [7, 11) is 0. The minimum atomic E-state index is -1.35. The molecule has 148 valence electrons. The molecule has 7 nitrogen and oxygen atoms in total. The van der Waals surface area contributed by atoms with Gasteiger partial charge in [0.15, 0.2) is 0 Å². The molecule has 2 aliphatic carbocycles. The molecule has 0 radical (unpaired) electrons. The number of ether oxygens (including phenoxy) is 1. The van der Waals surface area contributed by atoms with Crippen molar-refractivity contribution in [3.63, 3.8) is 0 Å². The average molecular weight is 378 g/mol. The number of fused-ring (bicyclic) bond motifs is 2. The summed E-state index contributed by atoms with van der Waals surface area (Å²) in [5.41, 5.74) is -1.43. The zero-order valence-corrected chi connectivity index (χ0v) is 15.2. The van der Waals surface area contributed by atoms with E-state index in [4.69, 9.17) is 9.15 Å². The molecule has 1 aliphatic heterocycles. The molecule has 1 saturated heterocycles. The van der Waals surface area contributed by atoms with Gasteiger partial charge in [-0.25, -0.2) is 0 Å². The maximum absolute atomic E-state index is 13.2. The molecule has 2 saturated carbocycles. The Labute approximate surface area is 157 Å². The number of esters is 1. The van der Waals surface area contributed by atoms with E-state index < -0.39 is 59.7 Å². The van der Waals surface area contributed by atoms with E-state index in [0.29, 0.717) is 19.3 Å². The van der Waals surface area contributed by atoms with Gasteiger partial charge >= 0.3 is 5.97 Å². The Kier molecular flexibility index (Phi) is 4.27. The highest BCUT2D eigenvalue weighted by Gasteiger charge is 2.71. The first-order chi connectivity index (χ1) is 12.8. The summed E-state index contributed by atoms with van der Waals surface area (Å²) in [6.45, 7) is 5.16. The van der Waals surface area contributed by atoms with E-state index in [-0.39, 0.29) is 5.57 Å². The summed E-state index contributed by atoms with van der Waals surface area (Å²) in [4.78, 5) is 13.2. The molecule has 27 heavy (non-hydrogen) atoms. The van der Waals surface area contributed by atoms with Crippen molar-refractivity contribution in [3.8, 4) is 0 Å². The first kappa shape index (κ1) is 18.7. The van der Waals surface area contributed by atoms with Gasteiger partial charge in [-0.15, -0.1) is 0 Å². The molecule has 4 rings (SSSR count). The van der Waals surface area contributed by atoms with E-state index >= 15 is 0 Å². The number of hydrogen-bond acceptors (Lipinski definition) is 7. The predicted molar refractivity (Wildman–Crippen MR) is 93.2 cm³/mol. The molecular weight excluding hydrogens is 352 g/mol. The van der Waals surface area contributed by atoms with Gasteiger partial charge in [0.25, 0.3) is 0 Å². The third-order valence-corrected chi connectivity index (χ3v) is 7.48. The van der Waals surface area contributed by atoms with E-state index in [1.807, 2.05) is 0 Å². The Morgan fingerprint density at radius 1 is 1.30 bits per heavy atom. The maximum Gasteiger partial charge on any atom is 0.313 e. The average Bonchev–Trinajstić information content (AvgIpc) is 3.30. The smallest absolute Gasteiger partial charge is 0.313 e. The number of hydrogen-bond donors (Lipinski definition) is 4. The third kappa shape index (κ3) is 2.20. The zero-order chi connectivity index (χ0) is 19.6. The molecular formula is C20H26O7. The Morgan fingerprint density at radius 2 is 2.04 bits per heavy atom. The van der Waals surface area contributed by atoms with Gasteiger partial charge in [-0.2, -0.15) is 0 Å². The van der Waals surface area contributed by atoms with E-state index in [2.05, 4.69) is 6.58 Å². The van der Waals surface area contributed by atoms with Crippen molar-refractivity contribution in [1.29, 1.82) is 0 Å². The lowest BCUT2D eigenvalue weighted by molar-refractivity contribution is -0.220. The van der Waals surface area contributed by atoms with Crippen LogP contribution in [0.4, 0.5) is 0 Å². The molecule has 3 fully saturated rings. The summed E-state index contributed by atoms with van der Waals surface area (Å²) in [6, 6.07) is 1.73. The van der Waals surface area contributed by atoms with Crippen LogP contribution in [0.1, 0.15) is 37.9 Å². The van der Waals surface area contributed by atoms with Crippen LogP contribution in [0.25, 0.3) is 0 Å². The summed E-state index contributed by atoms with van der Waals surface area (Å²) in [5.74, 6) is -1.52. The van der Waals surface area contributed by atoms with Crippen LogP contribution >= 0.6 is 0 Å². The lowest BCUT2D eigenvalue weighted by Gasteiger charge is -2.61. The van der Waals surface area contributed by atoms with Crippen LogP contribution in [0.15, 0.2) is 35.2 Å². The fraction of sp³-hybridized carbons (Fsp3) is 0.650. The summed E-state index contributed by atoms with van der Waals surface area (Å²) >= 11 is 0. The molecule has 0 unspecified atom stereocenters. The van der Waals surface area contributed by atoms with Gasteiger partial charge in [-0.1, -0.05) is 13.5 Å². The SMILES string of the molecule is C=C1[C@H](O)CC[C@@H]2[C@@]3(C[C@@H](c4ccoc4)OC3=O)[C@@H](C)[C@@H](O)[C@H](O)[C@@]12CO. The van der Waals surface area contributed by atoms with Crippen LogP contribution in [0, 0.1) is 22.7 Å². The van der Waals surface area contributed by atoms with Gasteiger partial charge < -0.3 is 29.6 Å². The number of cyclic esters (lactones) is 1. The number of carbonyl (C=O) groups is 1. The standard InChI is InChI=1S/C20H26O7/c1-10-13(22)3-4-15-19(11(2)16(23)17(24)20(10,15)9-21)7-14(27-18(19)25)12-5-6-26-8-12/h5-6,8,11,13-17,21-24H,1,3-4,7,9H2,2H3/t11-,13+,14-,15+,16+,17-,19+,20-/m0/s1. The second-order valence-electron chi connectivity index (χ2n) is 8.29. The molecule has 7 heteroatoms. The van der Waals surface area contributed by atoms with Crippen LogP contribution in [0.5, 0.6) is 0 Å². The van der Waals surface area contributed by atoms with E-state index in [9.17, 15) is 25.2 Å². The fourth-order valence-electron chi connectivity index (χ4n) is 5.88. The quantitative estimate of drug-likeness (QED) is 0.446. The van der Waals surface area contributed by atoms with Gasteiger partial charge in [0, 0.05) is 23.3 Å². The van der Waals surface area contributed by atoms with Crippen molar-refractivity contribution in [1.82, 2.24) is 0 Å². The highest BCUT2D eigenvalue weighted by atomic mass is 16.6. The normalized spacial score (nSPS) is 47.1. The first-order valence-electron chi connectivity index (χ1n) is 9.38. The number of aliphatic hydroxyl groups is 4. The van der Waals surface area contributed by atoms with Gasteiger partial charge in [0.1, 0.15) is 6.10 Å². The number of carbonyl (C=O) groups excluding carboxylic acids is 1. The second kappa shape index (κ2) is 6.17. The van der Waals surface area contributed by atoms with Crippen LogP contribution in [-0.4, -0.2) is 51.3 Å². The molecule has 8 atom stereocenters. The van der Waals surface area contributed by atoms with E-state index in [0.717, 1.165) is 5.56 Å². The van der Waals surface area contributed by atoms with Crippen molar-refractivity contribution in [2.24, 2.45) is 22.7 Å². The molecule has 0 aromatic carbocycles. The number of rotatable bonds is 2. The minimum Gasteiger partial charge on any atom is -0.472 e. The largest absolute Gasteiger partial charge is 0.472 e. The van der Waals surface area contributed by atoms with Crippen LogP contribution in [0.3, 0.4) is 0 Å². The van der Waals surface area contributed by atoms with Crippen molar-refractivity contribution in [3.05, 3.63) is 36.3 Å². The Bertz CT molecular complexity index is 744. The zero-order valence-electron chi connectivity index (χ0n) is 15.2. The van der Waals surface area contributed by atoms with Crippen LogP contribution in [-0.2, 0) is 9.53 Å². The number of aliphatic hydroxyl groups excluding tert-OH is 4. The van der Waals surface area contributed by atoms with Gasteiger partial charge in [0.05, 0.1) is 42.9 Å². The third-order valence-electron chi connectivity index (χ3n) is 7.48. The summed E-state index contributed by atoms with van der Waals surface area (Å²) < 4.78 is 10.8. The lowest BCUT2D eigenvalue weighted by atomic mass is 9.43. The number of furan rings is 1. The molecule has 1 aromatic heterocycles. The van der Waals surface area contributed by atoms with Gasteiger partial charge in [-0.3, -0.25) is 4.79 Å². The van der Waals surface area contributed by atoms with Crippen molar-refractivity contribution in [2.75, 3.05) is 6.61 Å². The van der Waals surface area contributed by atoms with Crippen LogP contribution < -0.4 is 0 Å².